The molecule has 2 aromatic rings. The van der Waals surface area contributed by atoms with Crippen LogP contribution < -0.4 is 14.2 Å². The van der Waals surface area contributed by atoms with Gasteiger partial charge in [0.05, 0.1) is 26.2 Å². The van der Waals surface area contributed by atoms with Crippen LogP contribution in [0, 0.1) is 5.92 Å². The van der Waals surface area contributed by atoms with E-state index in [0.29, 0.717) is 37.6 Å². The van der Waals surface area contributed by atoms with Gasteiger partial charge in [-0.3, -0.25) is 19.3 Å². The van der Waals surface area contributed by atoms with E-state index in [2.05, 4.69) is 0 Å². The Kier molecular flexibility index (Phi) is 10.1. The largest absolute Gasteiger partial charge is 0.496 e. The molecule has 0 aliphatic carbocycles. The highest BCUT2D eigenvalue weighted by molar-refractivity contribution is 5.78. The second-order valence-corrected chi connectivity index (χ2v) is 10.1. The molecule has 4 rings (SSSR count). The molecule has 1 saturated heterocycles. The number of benzene rings is 2. The molecule has 212 valence electrons. The highest BCUT2D eigenvalue weighted by Gasteiger charge is 2.47. The maximum Gasteiger partial charge on any atom is 0.308 e. The van der Waals surface area contributed by atoms with Gasteiger partial charge in [-0.15, -0.1) is 0 Å². The normalized spacial score (nSPS) is 20.2. The van der Waals surface area contributed by atoms with Crippen molar-refractivity contribution in [3.05, 3.63) is 53.6 Å². The molecule has 39 heavy (non-hydrogen) atoms. The van der Waals surface area contributed by atoms with Gasteiger partial charge >= 0.3 is 5.97 Å². The zero-order valence-electron chi connectivity index (χ0n) is 23.1. The lowest BCUT2D eigenvalue weighted by molar-refractivity contribution is -0.188. The van der Waals surface area contributed by atoms with E-state index in [1.807, 2.05) is 61.2 Å². The molecular formula is C30H40N2O7. The number of nitrogens with zero attached hydrogens (tertiary/aromatic N) is 2. The van der Waals surface area contributed by atoms with Gasteiger partial charge < -0.3 is 19.3 Å². The minimum Gasteiger partial charge on any atom is -0.496 e. The topological polar surface area (TPSA) is 97.8 Å². The summed E-state index contributed by atoms with van der Waals surface area (Å²) in [7, 11) is 1.66. The summed E-state index contributed by atoms with van der Waals surface area (Å²) in [4.78, 5) is 33.9. The highest BCUT2D eigenvalue weighted by atomic mass is 16.7. The lowest BCUT2D eigenvalue weighted by Gasteiger charge is -2.29. The van der Waals surface area contributed by atoms with Crippen molar-refractivity contribution < 1.29 is 33.7 Å². The van der Waals surface area contributed by atoms with Crippen LogP contribution in [0.2, 0.25) is 0 Å². The first kappa shape index (κ1) is 28.7. The van der Waals surface area contributed by atoms with Crippen LogP contribution in [0.1, 0.15) is 56.6 Å². The van der Waals surface area contributed by atoms with E-state index in [4.69, 9.17) is 19.0 Å². The Labute approximate surface area is 230 Å². The molecule has 3 atom stereocenters. The SMILES string of the molecule is CCCON(CCC)C(=O)CN1C[C@H](c2ccc3c(c2)OCO3)[C@@H](C(=O)O)[C@@H]1CCCc1ccccc1OC. The number of carbonyl (C=O) groups excluding carboxylic acids is 1. The van der Waals surface area contributed by atoms with Gasteiger partial charge in [-0.1, -0.05) is 38.1 Å². The minimum atomic E-state index is -0.859. The van der Waals surface area contributed by atoms with E-state index in [0.717, 1.165) is 42.6 Å². The molecule has 0 saturated carbocycles. The van der Waals surface area contributed by atoms with Crippen molar-refractivity contribution in [2.24, 2.45) is 5.92 Å². The van der Waals surface area contributed by atoms with Gasteiger partial charge in [0.1, 0.15) is 5.75 Å². The Morgan fingerprint density at radius 1 is 1.10 bits per heavy atom. The van der Waals surface area contributed by atoms with Crippen molar-refractivity contribution in [2.45, 2.75) is 57.9 Å². The Morgan fingerprint density at radius 2 is 1.90 bits per heavy atom. The fourth-order valence-electron chi connectivity index (χ4n) is 5.66. The maximum absolute atomic E-state index is 13.4. The summed E-state index contributed by atoms with van der Waals surface area (Å²) in [5, 5.41) is 11.9. The molecule has 2 aromatic carbocycles. The summed E-state index contributed by atoms with van der Waals surface area (Å²) in [6, 6.07) is 13.2. The molecule has 0 aromatic heterocycles. The molecule has 0 bridgehead atoms. The third-order valence-electron chi connectivity index (χ3n) is 7.49. The van der Waals surface area contributed by atoms with E-state index < -0.39 is 11.9 Å². The molecule has 0 spiro atoms. The fourth-order valence-corrected chi connectivity index (χ4v) is 5.66. The van der Waals surface area contributed by atoms with E-state index in [-0.39, 0.29) is 31.2 Å². The van der Waals surface area contributed by atoms with Crippen LogP contribution in [-0.2, 0) is 20.8 Å². The number of aryl methyl sites for hydroxylation is 1. The third-order valence-corrected chi connectivity index (χ3v) is 7.49. The number of para-hydroxylation sites is 1. The first-order valence-corrected chi connectivity index (χ1v) is 13.9. The Hall–Kier alpha value is -3.30. The fraction of sp³-hybridized carbons (Fsp3) is 0.533. The average Bonchev–Trinajstić information content (AvgIpc) is 3.55. The summed E-state index contributed by atoms with van der Waals surface area (Å²) in [6.45, 7) is 5.68. The quantitative estimate of drug-likeness (QED) is 0.350. The first-order chi connectivity index (χ1) is 19.0. The van der Waals surface area contributed by atoms with Crippen LogP contribution in [0.5, 0.6) is 17.2 Å². The van der Waals surface area contributed by atoms with Crippen LogP contribution >= 0.6 is 0 Å². The number of rotatable bonds is 14. The van der Waals surface area contributed by atoms with Gasteiger partial charge in [0.15, 0.2) is 11.5 Å². The molecule has 9 heteroatoms. The van der Waals surface area contributed by atoms with Crippen molar-refractivity contribution in [3.8, 4) is 17.2 Å². The summed E-state index contributed by atoms with van der Waals surface area (Å²) in [6.07, 6.45) is 3.72. The van der Waals surface area contributed by atoms with E-state index in [1.165, 1.54) is 5.06 Å². The zero-order valence-corrected chi connectivity index (χ0v) is 23.1. The lowest BCUT2D eigenvalue weighted by atomic mass is 9.83. The number of amides is 1. The summed E-state index contributed by atoms with van der Waals surface area (Å²) >= 11 is 0. The number of fused-ring (bicyclic) bond motifs is 1. The molecule has 0 radical (unpaired) electrons. The maximum atomic E-state index is 13.4. The number of methoxy groups -OCH3 is 1. The predicted molar refractivity (Wildman–Crippen MR) is 146 cm³/mol. The second kappa shape index (κ2) is 13.7. The Bertz CT molecular complexity index is 1120. The van der Waals surface area contributed by atoms with Crippen molar-refractivity contribution in [1.82, 2.24) is 9.96 Å². The summed E-state index contributed by atoms with van der Waals surface area (Å²) in [5.74, 6) is 0.142. The van der Waals surface area contributed by atoms with Gasteiger partial charge in [-0.2, -0.15) is 0 Å². The third kappa shape index (κ3) is 6.83. The monoisotopic (exact) mass is 540 g/mol. The number of carbonyl (C=O) groups is 2. The Morgan fingerprint density at radius 3 is 2.64 bits per heavy atom. The number of hydrogen-bond donors (Lipinski definition) is 1. The van der Waals surface area contributed by atoms with Crippen molar-refractivity contribution in [2.75, 3.05) is 40.1 Å². The average molecular weight is 541 g/mol. The van der Waals surface area contributed by atoms with E-state index in [1.54, 1.807) is 7.11 Å². The molecule has 2 aliphatic rings. The number of carboxylic acids is 1. The number of likely N-dealkylation sites (tertiary alicyclic amines) is 1. The van der Waals surface area contributed by atoms with Gasteiger partial charge in [0, 0.05) is 25.0 Å². The number of hydrogen-bond acceptors (Lipinski definition) is 7. The van der Waals surface area contributed by atoms with Crippen LogP contribution in [0.15, 0.2) is 42.5 Å². The predicted octanol–water partition coefficient (Wildman–Crippen LogP) is 4.50. The number of aliphatic carboxylic acids is 1. The lowest BCUT2D eigenvalue weighted by Crippen LogP contribution is -2.44. The minimum absolute atomic E-state index is 0.105. The number of hydroxylamine groups is 2. The molecule has 1 fully saturated rings. The second-order valence-electron chi connectivity index (χ2n) is 10.1. The highest BCUT2D eigenvalue weighted by Crippen LogP contribution is 2.43. The number of carboxylic acid groups (broad SMARTS) is 1. The van der Waals surface area contributed by atoms with Crippen LogP contribution in [0.3, 0.4) is 0 Å². The van der Waals surface area contributed by atoms with Crippen molar-refractivity contribution in [1.29, 1.82) is 0 Å². The van der Waals surface area contributed by atoms with Crippen LogP contribution in [-0.4, -0.2) is 73.1 Å². The smallest absolute Gasteiger partial charge is 0.308 e. The van der Waals surface area contributed by atoms with Gasteiger partial charge in [-0.25, -0.2) is 5.06 Å². The summed E-state index contributed by atoms with van der Waals surface area (Å²) in [5.41, 5.74) is 1.96. The molecule has 9 nitrogen and oxygen atoms in total. The standard InChI is InChI=1S/C30H40N2O7/c1-4-15-32(39-16-5-2)28(33)19-31-18-23(22-13-14-26-27(17-22)38-20-37-26)29(30(34)35)24(31)11-8-10-21-9-6-7-12-25(21)36-3/h6-7,9,12-14,17,23-24,29H,4-5,8,10-11,15-16,18-20H2,1-3H3,(H,34,35)/t23-,24+,29-/m1/s1. The van der Waals surface area contributed by atoms with E-state index in [9.17, 15) is 14.7 Å². The molecule has 1 N–H and O–H groups in total. The first-order valence-electron chi connectivity index (χ1n) is 13.9. The summed E-state index contributed by atoms with van der Waals surface area (Å²) < 4.78 is 16.5. The number of ether oxygens (including phenoxy) is 3. The van der Waals surface area contributed by atoms with E-state index >= 15 is 0 Å². The molecule has 2 aliphatic heterocycles. The van der Waals surface area contributed by atoms with Gasteiger partial charge in [0.25, 0.3) is 5.91 Å². The molecule has 0 unspecified atom stereocenters. The van der Waals surface area contributed by atoms with Crippen LogP contribution in [0.25, 0.3) is 0 Å². The Balaban J connectivity index is 1.57. The van der Waals surface area contributed by atoms with Gasteiger partial charge in [-0.05, 0) is 61.4 Å². The molecular weight excluding hydrogens is 500 g/mol. The van der Waals surface area contributed by atoms with Crippen LogP contribution in [0.4, 0.5) is 0 Å². The van der Waals surface area contributed by atoms with Crippen molar-refractivity contribution >= 4 is 11.9 Å². The molecule has 1 amide bonds. The molecule has 2 heterocycles. The van der Waals surface area contributed by atoms with Crippen molar-refractivity contribution in [3.63, 3.8) is 0 Å². The van der Waals surface area contributed by atoms with Gasteiger partial charge in [0.2, 0.25) is 6.79 Å². The zero-order chi connectivity index (χ0) is 27.8.